The fourth-order valence-corrected chi connectivity index (χ4v) is 4.03. The van der Waals surface area contributed by atoms with Crippen LogP contribution < -0.4 is 5.32 Å². The topological polar surface area (TPSA) is 25.2 Å². The zero-order valence-corrected chi connectivity index (χ0v) is 18.3. The van der Waals surface area contributed by atoms with Crippen LogP contribution in [-0.2, 0) is 0 Å². The molecule has 0 unspecified atom stereocenters. The molecule has 0 fully saturated rings. The molecule has 32 heavy (non-hydrogen) atoms. The van der Waals surface area contributed by atoms with Gasteiger partial charge < -0.3 is 9.73 Å². The van der Waals surface area contributed by atoms with Crippen molar-refractivity contribution in [3.8, 4) is 11.1 Å². The average molecular weight is 416 g/mol. The van der Waals surface area contributed by atoms with Gasteiger partial charge in [-0.2, -0.15) is 0 Å². The second-order valence-electron chi connectivity index (χ2n) is 7.94. The van der Waals surface area contributed by atoms with Crippen LogP contribution >= 0.6 is 0 Å². The summed E-state index contributed by atoms with van der Waals surface area (Å²) in [5.74, 6) is 0. The van der Waals surface area contributed by atoms with Gasteiger partial charge in [0.05, 0.1) is 0 Å². The van der Waals surface area contributed by atoms with Crippen LogP contribution in [0.2, 0.25) is 0 Å². The summed E-state index contributed by atoms with van der Waals surface area (Å²) in [7, 11) is 0. The van der Waals surface area contributed by atoms with E-state index in [2.05, 4.69) is 103 Å². The second-order valence-corrected chi connectivity index (χ2v) is 7.94. The summed E-state index contributed by atoms with van der Waals surface area (Å²) >= 11 is 0. The molecule has 2 heteroatoms. The molecule has 0 bridgehead atoms. The molecule has 4 aromatic carbocycles. The van der Waals surface area contributed by atoms with Crippen molar-refractivity contribution in [2.45, 2.75) is 13.8 Å². The Balaban J connectivity index is 1.39. The van der Waals surface area contributed by atoms with Crippen LogP contribution in [-0.4, -0.2) is 0 Å². The lowest BCUT2D eigenvalue weighted by Crippen LogP contribution is -1.90. The fourth-order valence-electron chi connectivity index (χ4n) is 4.03. The third-order valence-electron chi connectivity index (χ3n) is 5.77. The molecule has 0 saturated heterocycles. The van der Waals surface area contributed by atoms with Gasteiger partial charge in [0.15, 0.2) is 0 Å². The maximum atomic E-state index is 6.19. The summed E-state index contributed by atoms with van der Waals surface area (Å²) in [6.45, 7) is 4.16. The number of para-hydroxylation sites is 2. The van der Waals surface area contributed by atoms with Gasteiger partial charge in [-0.15, -0.1) is 0 Å². The number of benzene rings is 4. The summed E-state index contributed by atoms with van der Waals surface area (Å²) in [4.78, 5) is 0. The molecule has 5 aromatic rings. The minimum atomic E-state index is 0.924. The van der Waals surface area contributed by atoms with Crippen LogP contribution in [0.3, 0.4) is 0 Å². The zero-order valence-electron chi connectivity index (χ0n) is 18.3. The lowest BCUT2D eigenvalue weighted by Gasteiger charge is -2.09. The Bertz CT molecular complexity index is 1430. The normalized spacial score (nSPS) is 12.1. The number of hydrogen-bond donors (Lipinski definition) is 1. The molecule has 0 aliphatic carbocycles. The SMILES string of the molecule is CC=CC=C(C)c1ccc(Nc2ccc(-c3cccc4c3oc3ccccc34)cc2)cc1. The highest BCUT2D eigenvalue weighted by Gasteiger charge is 2.11. The van der Waals surface area contributed by atoms with E-state index in [4.69, 9.17) is 4.42 Å². The van der Waals surface area contributed by atoms with E-state index in [0.717, 1.165) is 44.4 Å². The Kier molecular flexibility index (Phi) is 5.35. The van der Waals surface area contributed by atoms with Crippen molar-refractivity contribution in [1.29, 1.82) is 0 Å². The zero-order chi connectivity index (χ0) is 21.9. The van der Waals surface area contributed by atoms with Crippen molar-refractivity contribution in [3.63, 3.8) is 0 Å². The first-order valence-electron chi connectivity index (χ1n) is 10.9. The summed E-state index contributed by atoms with van der Waals surface area (Å²) < 4.78 is 6.19. The van der Waals surface area contributed by atoms with E-state index in [1.54, 1.807) is 0 Å². The minimum absolute atomic E-state index is 0.924. The van der Waals surface area contributed by atoms with Crippen molar-refractivity contribution >= 4 is 38.9 Å². The molecule has 1 heterocycles. The molecule has 0 radical (unpaired) electrons. The van der Waals surface area contributed by atoms with Gasteiger partial charge in [-0.05, 0) is 60.9 Å². The Morgan fingerprint density at radius 3 is 2.19 bits per heavy atom. The number of anilines is 2. The highest BCUT2D eigenvalue weighted by atomic mass is 16.3. The summed E-state index contributed by atoms with van der Waals surface area (Å²) in [6, 6.07) is 31.6. The Labute approximate surface area is 188 Å². The van der Waals surface area contributed by atoms with E-state index >= 15 is 0 Å². The highest BCUT2D eigenvalue weighted by Crippen LogP contribution is 2.36. The first-order chi connectivity index (χ1) is 15.7. The highest BCUT2D eigenvalue weighted by molar-refractivity contribution is 6.09. The van der Waals surface area contributed by atoms with Crippen LogP contribution in [0, 0.1) is 0 Å². The molecule has 0 aliphatic rings. The van der Waals surface area contributed by atoms with Gasteiger partial charge >= 0.3 is 0 Å². The predicted molar refractivity (Wildman–Crippen MR) is 137 cm³/mol. The Morgan fingerprint density at radius 1 is 0.750 bits per heavy atom. The number of furan rings is 1. The molecule has 1 N–H and O–H groups in total. The van der Waals surface area contributed by atoms with Gasteiger partial charge in [0.1, 0.15) is 11.2 Å². The van der Waals surface area contributed by atoms with E-state index in [1.807, 2.05) is 25.1 Å². The predicted octanol–water partition coefficient (Wildman–Crippen LogP) is 8.98. The van der Waals surface area contributed by atoms with E-state index in [0.29, 0.717) is 0 Å². The quantitative estimate of drug-likeness (QED) is 0.290. The molecule has 0 aliphatic heterocycles. The van der Waals surface area contributed by atoms with Crippen molar-refractivity contribution in [1.82, 2.24) is 0 Å². The summed E-state index contributed by atoms with van der Waals surface area (Å²) in [6.07, 6.45) is 6.23. The third-order valence-corrected chi connectivity index (χ3v) is 5.77. The maximum absolute atomic E-state index is 6.19. The largest absolute Gasteiger partial charge is 0.455 e. The molecule has 0 amide bonds. The van der Waals surface area contributed by atoms with Crippen LogP contribution in [0.4, 0.5) is 11.4 Å². The average Bonchev–Trinajstić information content (AvgIpc) is 3.22. The minimum Gasteiger partial charge on any atom is -0.455 e. The molecule has 0 spiro atoms. The number of nitrogens with one attached hydrogen (secondary N) is 1. The van der Waals surface area contributed by atoms with Gasteiger partial charge in [-0.3, -0.25) is 0 Å². The number of rotatable bonds is 5. The van der Waals surface area contributed by atoms with Crippen molar-refractivity contribution in [2.75, 3.05) is 5.32 Å². The third kappa shape index (κ3) is 3.83. The fraction of sp³-hybridized carbons (Fsp3) is 0.0667. The monoisotopic (exact) mass is 415 g/mol. The summed E-state index contributed by atoms with van der Waals surface area (Å²) in [5.41, 5.74) is 8.71. The van der Waals surface area contributed by atoms with Crippen LogP contribution in [0.15, 0.2) is 114 Å². The molecule has 0 saturated carbocycles. The standard InChI is InChI=1S/C30H25NO/c1-3-4-8-21(2)22-13-17-24(18-14-22)31-25-19-15-23(16-20-25)26-10-7-11-28-27-9-5-6-12-29(27)32-30(26)28/h3-20,31H,1-2H3. The molecule has 156 valence electrons. The summed E-state index contributed by atoms with van der Waals surface area (Å²) in [5, 5.41) is 5.80. The van der Waals surface area contributed by atoms with Crippen molar-refractivity contribution in [2.24, 2.45) is 0 Å². The number of fused-ring (bicyclic) bond motifs is 3. The maximum Gasteiger partial charge on any atom is 0.143 e. The molecule has 5 rings (SSSR count). The second kappa shape index (κ2) is 8.60. The van der Waals surface area contributed by atoms with E-state index in [9.17, 15) is 0 Å². The van der Waals surface area contributed by atoms with Gasteiger partial charge in [0.25, 0.3) is 0 Å². The van der Waals surface area contributed by atoms with Gasteiger partial charge in [0, 0.05) is 27.7 Å². The molecular formula is C30H25NO. The molecule has 1 aromatic heterocycles. The van der Waals surface area contributed by atoms with Crippen LogP contribution in [0.25, 0.3) is 38.6 Å². The lowest BCUT2D eigenvalue weighted by molar-refractivity contribution is 0.670. The number of allylic oxidation sites excluding steroid dienone is 4. The Hall–Kier alpha value is -4.04. The molecule has 0 atom stereocenters. The first kappa shape index (κ1) is 19.9. The first-order valence-corrected chi connectivity index (χ1v) is 10.9. The smallest absolute Gasteiger partial charge is 0.143 e. The van der Waals surface area contributed by atoms with Gasteiger partial charge in [-0.1, -0.05) is 78.9 Å². The molecular weight excluding hydrogens is 390 g/mol. The van der Waals surface area contributed by atoms with E-state index in [1.165, 1.54) is 11.1 Å². The van der Waals surface area contributed by atoms with Gasteiger partial charge in [0.2, 0.25) is 0 Å². The number of hydrogen-bond acceptors (Lipinski definition) is 2. The van der Waals surface area contributed by atoms with Crippen LogP contribution in [0.5, 0.6) is 0 Å². The van der Waals surface area contributed by atoms with Gasteiger partial charge in [-0.25, -0.2) is 0 Å². The van der Waals surface area contributed by atoms with Crippen molar-refractivity contribution < 1.29 is 4.42 Å². The molecule has 2 nitrogen and oxygen atoms in total. The lowest BCUT2D eigenvalue weighted by atomic mass is 10.0. The van der Waals surface area contributed by atoms with E-state index in [-0.39, 0.29) is 0 Å². The van der Waals surface area contributed by atoms with Crippen LogP contribution in [0.1, 0.15) is 19.4 Å². The van der Waals surface area contributed by atoms with Crippen molar-refractivity contribution in [3.05, 3.63) is 115 Å². The Morgan fingerprint density at radius 2 is 1.44 bits per heavy atom. The van der Waals surface area contributed by atoms with E-state index < -0.39 is 0 Å².